The van der Waals surface area contributed by atoms with Crippen molar-refractivity contribution in [1.82, 2.24) is 0 Å². The van der Waals surface area contributed by atoms with Gasteiger partial charge in [0.2, 0.25) is 15.9 Å². The Balaban J connectivity index is 2.33. The molecule has 128 valence electrons. The highest BCUT2D eigenvalue weighted by Gasteiger charge is 2.29. The molecule has 0 spiro atoms. The van der Waals surface area contributed by atoms with E-state index in [9.17, 15) is 13.2 Å². The number of rotatable bonds is 5. The summed E-state index contributed by atoms with van der Waals surface area (Å²) < 4.78 is 26.2. The van der Waals surface area contributed by atoms with E-state index in [0.29, 0.717) is 20.9 Å². The van der Waals surface area contributed by atoms with Gasteiger partial charge in [0.25, 0.3) is 0 Å². The smallest absolute Gasteiger partial charge is 0.248 e. The van der Waals surface area contributed by atoms with E-state index in [1.54, 1.807) is 36.4 Å². The monoisotopic (exact) mass is 430 g/mol. The average Bonchev–Trinajstić information content (AvgIpc) is 2.48. The number of benzene rings is 2. The largest absolute Gasteiger partial charge is 0.323 e. The lowest BCUT2D eigenvalue weighted by atomic mass is 10.2. The van der Waals surface area contributed by atoms with Gasteiger partial charge in [-0.2, -0.15) is 0 Å². The number of para-hydroxylation sites is 1. The molecule has 5 nitrogen and oxygen atoms in total. The van der Waals surface area contributed by atoms with Crippen molar-refractivity contribution < 1.29 is 13.2 Å². The topological polar surface area (TPSA) is 66.5 Å². The zero-order valence-electron chi connectivity index (χ0n) is 13.0. The number of hydrogen-bond acceptors (Lipinski definition) is 3. The highest BCUT2D eigenvalue weighted by Crippen LogP contribution is 2.26. The first-order valence-electron chi connectivity index (χ1n) is 7.00. The molecule has 0 aromatic heterocycles. The maximum atomic E-state index is 12.5. The van der Waals surface area contributed by atoms with Crippen LogP contribution in [0.15, 0.2) is 53.0 Å². The van der Waals surface area contributed by atoms with Crippen LogP contribution in [0.2, 0.25) is 5.02 Å². The lowest BCUT2D eigenvalue weighted by molar-refractivity contribution is -0.116. The summed E-state index contributed by atoms with van der Waals surface area (Å²) in [4.78, 5) is 12.5. The van der Waals surface area contributed by atoms with Gasteiger partial charge in [0, 0.05) is 9.50 Å². The number of nitrogens with one attached hydrogen (secondary N) is 1. The van der Waals surface area contributed by atoms with Gasteiger partial charge in [0.15, 0.2) is 0 Å². The molecule has 0 aliphatic rings. The SMILES string of the molecule is C[C@H](C(=O)Nc1ccccc1Br)N(c1cccc(Cl)c1)S(C)(=O)=O. The summed E-state index contributed by atoms with van der Waals surface area (Å²) in [6, 6.07) is 12.5. The Morgan fingerprint density at radius 1 is 1.21 bits per heavy atom. The average molecular weight is 432 g/mol. The van der Waals surface area contributed by atoms with E-state index in [1.807, 2.05) is 6.07 Å². The van der Waals surface area contributed by atoms with Crippen molar-refractivity contribution >= 4 is 54.8 Å². The first-order chi connectivity index (χ1) is 11.2. The van der Waals surface area contributed by atoms with E-state index in [-0.39, 0.29) is 0 Å². The molecular formula is C16H16BrClN2O3S. The second-order valence-electron chi connectivity index (χ2n) is 5.18. The summed E-state index contributed by atoms with van der Waals surface area (Å²) in [5.74, 6) is -0.452. The fourth-order valence-corrected chi connectivity index (χ4v) is 3.96. The van der Waals surface area contributed by atoms with Gasteiger partial charge in [-0.15, -0.1) is 0 Å². The van der Waals surface area contributed by atoms with Crippen molar-refractivity contribution in [3.05, 3.63) is 58.0 Å². The van der Waals surface area contributed by atoms with Crippen molar-refractivity contribution in [3.63, 3.8) is 0 Å². The van der Waals surface area contributed by atoms with Gasteiger partial charge in [-0.1, -0.05) is 29.8 Å². The molecule has 8 heteroatoms. The minimum Gasteiger partial charge on any atom is -0.323 e. The molecule has 0 aliphatic carbocycles. The van der Waals surface area contributed by atoms with Crippen LogP contribution >= 0.6 is 27.5 Å². The van der Waals surface area contributed by atoms with Gasteiger partial charge >= 0.3 is 0 Å². The van der Waals surface area contributed by atoms with Crippen molar-refractivity contribution in [1.29, 1.82) is 0 Å². The molecule has 0 aliphatic heterocycles. The van der Waals surface area contributed by atoms with Crippen LogP contribution in [0.4, 0.5) is 11.4 Å². The van der Waals surface area contributed by atoms with E-state index in [2.05, 4.69) is 21.2 Å². The van der Waals surface area contributed by atoms with Crippen LogP contribution in [-0.2, 0) is 14.8 Å². The Bertz CT molecular complexity index is 858. The lowest BCUT2D eigenvalue weighted by Gasteiger charge is -2.28. The van der Waals surface area contributed by atoms with E-state index in [0.717, 1.165) is 10.6 Å². The molecule has 2 aromatic carbocycles. The van der Waals surface area contributed by atoms with Gasteiger partial charge in [0.1, 0.15) is 6.04 Å². The molecule has 1 atom stereocenters. The van der Waals surface area contributed by atoms with Gasteiger partial charge < -0.3 is 5.32 Å². The molecule has 0 bridgehead atoms. The van der Waals surface area contributed by atoms with Crippen molar-refractivity contribution in [2.24, 2.45) is 0 Å². The fourth-order valence-electron chi connectivity index (χ4n) is 2.22. The Hall–Kier alpha value is -1.57. The molecule has 2 aromatic rings. The summed E-state index contributed by atoms with van der Waals surface area (Å²) in [5.41, 5.74) is 0.897. The van der Waals surface area contributed by atoms with Crippen LogP contribution in [0.3, 0.4) is 0 Å². The van der Waals surface area contributed by atoms with Crippen LogP contribution in [0.25, 0.3) is 0 Å². The molecule has 24 heavy (non-hydrogen) atoms. The number of anilines is 2. The minimum atomic E-state index is -3.68. The van der Waals surface area contributed by atoms with Crippen molar-refractivity contribution in [2.45, 2.75) is 13.0 Å². The van der Waals surface area contributed by atoms with E-state index >= 15 is 0 Å². The summed E-state index contributed by atoms with van der Waals surface area (Å²) >= 11 is 9.29. The Kier molecular flexibility index (Phi) is 5.90. The van der Waals surface area contributed by atoms with Crippen molar-refractivity contribution in [2.75, 3.05) is 15.9 Å². The number of nitrogens with zero attached hydrogens (tertiary/aromatic N) is 1. The third kappa shape index (κ3) is 4.49. The van der Waals surface area contributed by atoms with E-state index < -0.39 is 22.0 Å². The molecule has 1 N–H and O–H groups in total. The Labute approximate surface area is 154 Å². The number of amides is 1. The van der Waals surface area contributed by atoms with Gasteiger partial charge in [-0.3, -0.25) is 9.10 Å². The molecule has 2 rings (SSSR count). The minimum absolute atomic E-state index is 0.333. The quantitative estimate of drug-likeness (QED) is 0.781. The first kappa shape index (κ1) is 18.8. The number of halogens is 2. The summed E-state index contributed by atoms with van der Waals surface area (Å²) in [7, 11) is -3.68. The van der Waals surface area contributed by atoms with Gasteiger partial charge in [0.05, 0.1) is 17.6 Å². The Morgan fingerprint density at radius 2 is 1.88 bits per heavy atom. The first-order valence-corrected chi connectivity index (χ1v) is 10.0. The highest BCUT2D eigenvalue weighted by molar-refractivity contribution is 9.10. The summed E-state index contributed by atoms with van der Waals surface area (Å²) in [5, 5.41) is 3.11. The third-order valence-corrected chi connectivity index (χ3v) is 5.45. The zero-order valence-corrected chi connectivity index (χ0v) is 16.2. The maximum absolute atomic E-state index is 12.5. The van der Waals surface area contributed by atoms with Gasteiger partial charge in [-0.05, 0) is 53.2 Å². The predicted molar refractivity (Wildman–Crippen MR) is 101 cm³/mol. The Morgan fingerprint density at radius 3 is 2.46 bits per heavy atom. The molecule has 0 fully saturated rings. The van der Waals surface area contributed by atoms with Crippen LogP contribution in [0, 0.1) is 0 Å². The van der Waals surface area contributed by atoms with Crippen LogP contribution in [0.5, 0.6) is 0 Å². The number of sulfonamides is 1. The van der Waals surface area contributed by atoms with Crippen LogP contribution in [-0.4, -0.2) is 26.6 Å². The molecule has 0 saturated carbocycles. The predicted octanol–water partition coefficient (Wildman–Crippen LogP) is 3.90. The standard InChI is InChI=1S/C16H16BrClN2O3S/c1-11(16(21)19-15-9-4-3-8-14(15)17)20(24(2,22)23)13-7-5-6-12(18)10-13/h3-11H,1-2H3,(H,19,21)/t11-/m1/s1. The molecule has 1 amide bonds. The molecule has 0 unspecified atom stereocenters. The molecule has 0 radical (unpaired) electrons. The second kappa shape index (κ2) is 7.55. The zero-order chi connectivity index (χ0) is 17.9. The van der Waals surface area contributed by atoms with E-state index in [1.165, 1.54) is 13.0 Å². The normalized spacial score (nSPS) is 12.5. The molecule has 0 saturated heterocycles. The molecular weight excluding hydrogens is 416 g/mol. The van der Waals surface area contributed by atoms with Crippen molar-refractivity contribution in [3.8, 4) is 0 Å². The maximum Gasteiger partial charge on any atom is 0.248 e. The second-order valence-corrected chi connectivity index (χ2v) is 8.33. The van der Waals surface area contributed by atoms with E-state index in [4.69, 9.17) is 11.6 Å². The lowest BCUT2D eigenvalue weighted by Crippen LogP contribution is -2.45. The van der Waals surface area contributed by atoms with Gasteiger partial charge in [-0.25, -0.2) is 8.42 Å². The van der Waals surface area contributed by atoms with Crippen LogP contribution < -0.4 is 9.62 Å². The fraction of sp³-hybridized carbons (Fsp3) is 0.188. The number of hydrogen-bond donors (Lipinski definition) is 1. The molecule has 0 heterocycles. The number of carbonyl (C=O) groups is 1. The van der Waals surface area contributed by atoms with Crippen LogP contribution in [0.1, 0.15) is 6.92 Å². The number of carbonyl (C=O) groups excluding carboxylic acids is 1. The third-order valence-electron chi connectivity index (χ3n) is 3.28. The highest BCUT2D eigenvalue weighted by atomic mass is 79.9. The summed E-state index contributed by atoms with van der Waals surface area (Å²) in [6.07, 6.45) is 1.05. The summed E-state index contributed by atoms with van der Waals surface area (Å²) in [6.45, 7) is 1.52.